The quantitative estimate of drug-likeness (QED) is 0.587. The van der Waals surface area contributed by atoms with Crippen LogP contribution in [0.1, 0.15) is 19.3 Å². The zero-order valence-electron chi connectivity index (χ0n) is 7.41. The van der Waals surface area contributed by atoms with E-state index in [9.17, 15) is 0 Å². The maximum atomic E-state index is 5.73. The minimum Gasteiger partial charge on any atom is -0.382 e. The molecule has 0 N–H and O–H groups in total. The van der Waals surface area contributed by atoms with E-state index in [2.05, 4.69) is 24.3 Å². The van der Waals surface area contributed by atoms with Crippen molar-refractivity contribution in [1.82, 2.24) is 0 Å². The van der Waals surface area contributed by atoms with Crippen molar-refractivity contribution < 1.29 is 4.74 Å². The molecule has 0 radical (unpaired) electrons. The summed E-state index contributed by atoms with van der Waals surface area (Å²) in [5, 5.41) is 0. The molecule has 0 amide bonds. The fourth-order valence-electron chi connectivity index (χ4n) is 1.93. The van der Waals surface area contributed by atoms with Crippen LogP contribution in [0.25, 0.3) is 0 Å². The Balaban J connectivity index is 1.77. The highest BCUT2D eigenvalue weighted by Crippen LogP contribution is 2.20. The smallest absolute Gasteiger partial charge is 0.0675 e. The van der Waals surface area contributed by atoms with Crippen LogP contribution in [0.4, 0.5) is 0 Å². The first-order chi connectivity index (χ1) is 5.95. The van der Waals surface area contributed by atoms with Gasteiger partial charge in [0, 0.05) is 12.3 Å². The van der Waals surface area contributed by atoms with Gasteiger partial charge in [-0.1, -0.05) is 24.3 Å². The van der Waals surface area contributed by atoms with E-state index in [1.807, 2.05) is 0 Å². The normalized spacial score (nSPS) is 30.8. The van der Waals surface area contributed by atoms with E-state index in [4.69, 9.17) is 4.74 Å². The molecule has 0 saturated carbocycles. The van der Waals surface area contributed by atoms with Gasteiger partial charge in [-0.15, -0.1) is 0 Å². The van der Waals surface area contributed by atoms with Gasteiger partial charge in [-0.3, -0.25) is 0 Å². The summed E-state index contributed by atoms with van der Waals surface area (Å²) in [6.07, 6.45) is 13.0. The number of hydrogen-bond acceptors (Lipinski definition) is 1. The Labute approximate surface area is 76.3 Å². The molecule has 1 aliphatic heterocycles. The lowest BCUT2D eigenvalue weighted by Crippen LogP contribution is -2.27. The third kappa shape index (κ3) is 2.08. The molecule has 1 atom stereocenters. The van der Waals surface area contributed by atoms with E-state index in [1.165, 1.54) is 19.3 Å². The predicted molar refractivity (Wildman–Crippen MR) is 54.2 cm³/mol. The van der Waals surface area contributed by atoms with Crippen molar-refractivity contribution in [3.63, 3.8) is 0 Å². The minimum atomic E-state index is -0.0539. The van der Waals surface area contributed by atoms with Gasteiger partial charge in [0.05, 0.1) is 9.52 Å². The van der Waals surface area contributed by atoms with Crippen LogP contribution in [-0.2, 0) is 4.74 Å². The average Bonchev–Trinajstić information content (AvgIpc) is 2.59. The molecule has 0 aromatic rings. The Morgan fingerprint density at radius 1 is 1.17 bits per heavy atom. The van der Waals surface area contributed by atoms with E-state index in [0.717, 1.165) is 12.1 Å². The van der Waals surface area contributed by atoms with Gasteiger partial charge in [0.25, 0.3) is 0 Å². The third-order valence-corrected chi connectivity index (χ3v) is 4.90. The maximum Gasteiger partial charge on any atom is 0.0675 e. The van der Waals surface area contributed by atoms with Gasteiger partial charge >= 0.3 is 0 Å². The highest BCUT2D eigenvalue weighted by atomic mass is 28.2. The van der Waals surface area contributed by atoms with E-state index < -0.39 is 0 Å². The third-order valence-electron chi connectivity index (χ3n) is 2.64. The van der Waals surface area contributed by atoms with Gasteiger partial charge in [-0.2, -0.15) is 0 Å². The van der Waals surface area contributed by atoms with Gasteiger partial charge in [0.2, 0.25) is 0 Å². The Hall–Kier alpha value is -0.343. The number of hydrogen-bond donors (Lipinski definition) is 0. The summed E-state index contributed by atoms with van der Waals surface area (Å²) in [7, 11) is -0.0539. The van der Waals surface area contributed by atoms with Crippen LogP contribution in [0.3, 0.4) is 0 Å². The second-order valence-electron chi connectivity index (χ2n) is 3.66. The Kier molecular flexibility index (Phi) is 2.79. The van der Waals surface area contributed by atoms with Gasteiger partial charge in [0.1, 0.15) is 0 Å². The summed E-state index contributed by atoms with van der Waals surface area (Å²) < 4.78 is 5.73. The average molecular weight is 180 g/mol. The topological polar surface area (TPSA) is 9.23 Å². The maximum absolute atomic E-state index is 5.73. The molecule has 1 saturated heterocycles. The fourth-order valence-corrected chi connectivity index (χ4v) is 3.99. The molecule has 1 nitrogen and oxygen atoms in total. The van der Waals surface area contributed by atoms with E-state index in [1.54, 1.807) is 0 Å². The summed E-state index contributed by atoms with van der Waals surface area (Å²) in [5.74, 6) is 0. The summed E-state index contributed by atoms with van der Waals surface area (Å²) >= 11 is 0. The monoisotopic (exact) mass is 180 g/mol. The number of allylic oxidation sites excluding steroid dienone is 4. The molecular weight excluding hydrogens is 164 g/mol. The first kappa shape index (κ1) is 8.26. The largest absolute Gasteiger partial charge is 0.382 e. The van der Waals surface area contributed by atoms with Crippen molar-refractivity contribution in [3.05, 3.63) is 24.3 Å². The number of ether oxygens (including phenoxy) is 1. The lowest BCUT2D eigenvalue weighted by atomic mass is 10.2. The first-order valence-corrected chi connectivity index (χ1v) is 6.55. The molecule has 2 rings (SSSR count). The van der Waals surface area contributed by atoms with Gasteiger partial charge in [-0.05, 0) is 24.8 Å². The second-order valence-corrected chi connectivity index (χ2v) is 5.98. The van der Waals surface area contributed by atoms with E-state index >= 15 is 0 Å². The van der Waals surface area contributed by atoms with Crippen LogP contribution in [0.5, 0.6) is 0 Å². The van der Waals surface area contributed by atoms with Crippen LogP contribution >= 0.6 is 0 Å². The van der Waals surface area contributed by atoms with Crippen molar-refractivity contribution in [2.24, 2.45) is 0 Å². The molecule has 0 aromatic heterocycles. The molecule has 1 fully saturated rings. The predicted octanol–water partition coefficient (Wildman–Crippen LogP) is 1.60. The molecule has 0 aromatic carbocycles. The van der Waals surface area contributed by atoms with Crippen LogP contribution in [-0.4, -0.2) is 21.9 Å². The zero-order chi connectivity index (χ0) is 8.23. The lowest BCUT2D eigenvalue weighted by Gasteiger charge is -2.23. The van der Waals surface area contributed by atoms with Crippen molar-refractivity contribution in [3.8, 4) is 0 Å². The zero-order valence-corrected chi connectivity index (χ0v) is 8.82. The molecule has 0 bridgehead atoms. The van der Waals surface area contributed by atoms with Crippen molar-refractivity contribution in [1.29, 1.82) is 0 Å². The molecule has 12 heavy (non-hydrogen) atoms. The Bertz CT molecular complexity index is 180. The Morgan fingerprint density at radius 3 is 2.67 bits per heavy atom. The summed E-state index contributed by atoms with van der Waals surface area (Å²) in [5.41, 5.74) is 1.45. The highest BCUT2D eigenvalue weighted by molar-refractivity contribution is 6.41. The van der Waals surface area contributed by atoms with Gasteiger partial charge in [0.15, 0.2) is 0 Å². The second kappa shape index (κ2) is 4.05. The van der Waals surface area contributed by atoms with Crippen molar-refractivity contribution in [2.75, 3.05) is 6.61 Å². The molecular formula is C10H16OSi. The van der Waals surface area contributed by atoms with Crippen LogP contribution < -0.4 is 0 Å². The SMILES string of the molecule is C1=CC([SiH2]C2CCCCO2)C=C1. The van der Waals surface area contributed by atoms with Crippen molar-refractivity contribution in [2.45, 2.75) is 30.5 Å². The molecule has 66 valence electrons. The molecule has 2 heteroatoms. The molecule has 0 spiro atoms. The van der Waals surface area contributed by atoms with Gasteiger partial charge in [-0.25, -0.2) is 0 Å². The standard InChI is InChI=1S/C10H16OSi/c1-2-6-9(5-1)12-10-7-3-4-8-11-10/h1-2,5-6,9-10H,3-4,7-8,12H2. The molecule has 1 unspecified atom stereocenters. The summed E-state index contributed by atoms with van der Waals surface area (Å²) in [4.78, 5) is 0. The molecule has 2 aliphatic rings. The number of rotatable bonds is 2. The highest BCUT2D eigenvalue weighted by Gasteiger charge is 2.17. The first-order valence-electron chi connectivity index (χ1n) is 4.92. The summed E-state index contributed by atoms with van der Waals surface area (Å²) in [6, 6.07) is 0. The Morgan fingerprint density at radius 2 is 2.00 bits per heavy atom. The van der Waals surface area contributed by atoms with Crippen LogP contribution in [0, 0.1) is 0 Å². The van der Waals surface area contributed by atoms with Crippen LogP contribution in [0.15, 0.2) is 24.3 Å². The summed E-state index contributed by atoms with van der Waals surface area (Å²) in [6.45, 7) is 1.01. The van der Waals surface area contributed by atoms with Crippen molar-refractivity contribution >= 4 is 9.52 Å². The van der Waals surface area contributed by atoms with E-state index in [-0.39, 0.29) is 9.52 Å². The van der Waals surface area contributed by atoms with Crippen LogP contribution in [0.2, 0.25) is 5.54 Å². The molecule has 1 heterocycles. The van der Waals surface area contributed by atoms with E-state index in [0.29, 0.717) is 5.73 Å². The lowest BCUT2D eigenvalue weighted by molar-refractivity contribution is 0.0648. The van der Waals surface area contributed by atoms with Gasteiger partial charge < -0.3 is 4.74 Å². The minimum absolute atomic E-state index is 0.0539. The molecule has 1 aliphatic carbocycles. The fraction of sp³-hybridized carbons (Fsp3) is 0.600.